The molecule has 5 aromatic rings. The molecule has 0 saturated carbocycles. The third-order valence-corrected chi connectivity index (χ3v) is 5.34. The molecule has 0 saturated heterocycles. The SMILES string of the molecule is NC1C(c2nc3ccccc3[nH]2)N=Nc2cc(-c3ccc4ccccc4c3)nn21. The highest BCUT2D eigenvalue weighted by atomic mass is 15.4. The van der Waals surface area contributed by atoms with E-state index in [1.165, 1.54) is 10.8 Å². The summed E-state index contributed by atoms with van der Waals surface area (Å²) in [6.45, 7) is 0. The van der Waals surface area contributed by atoms with Crippen LogP contribution in [0.25, 0.3) is 33.1 Å². The molecular formula is C22H17N7. The summed E-state index contributed by atoms with van der Waals surface area (Å²) in [5, 5.41) is 15.9. The lowest BCUT2D eigenvalue weighted by atomic mass is 10.1. The lowest BCUT2D eigenvalue weighted by Crippen LogP contribution is -2.28. The molecule has 7 nitrogen and oxygen atoms in total. The predicted molar refractivity (Wildman–Crippen MR) is 112 cm³/mol. The topological polar surface area (TPSA) is 97.2 Å². The maximum absolute atomic E-state index is 6.51. The molecule has 3 heterocycles. The second kappa shape index (κ2) is 6.08. The average Bonchev–Trinajstić information content (AvgIpc) is 3.38. The zero-order chi connectivity index (χ0) is 19.4. The molecule has 29 heavy (non-hydrogen) atoms. The summed E-state index contributed by atoms with van der Waals surface area (Å²) in [5.74, 6) is 1.34. The molecule has 2 unspecified atom stereocenters. The highest BCUT2D eigenvalue weighted by Crippen LogP contribution is 2.37. The molecule has 0 aliphatic carbocycles. The number of hydrogen-bond donors (Lipinski definition) is 2. The van der Waals surface area contributed by atoms with Crippen LogP contribution in [0.3, 0.4) is 0 Å². The van der Waals surface area contributed by atoms with Gasteiger partial charge in [-0.25, -0.2) is 9.67 Å². The molecule has 1 aliphatic rings. The number of aromatic nitrogens is 4. The lowest BCUT2D eigenvalue weighted by Gasteiger charge is -2.22. The Kier molecular flexibility index (Phi) is 3.39. The van der Waals surface area contributed by atoms with Gasteiger partial charge in [0.25, 0.3) is 0 Å². The molecular weight excluding hydrogens is 362 g/mol. The second-order valence-corrected chi connectivity index (χ2v) is 7.18. The number of nitrogens with one attached hydrogen (secondary N) is 1. The van der Waals surface area contributed by atoms with E-state index in [1.54, 1.807) is 4.68 Å². The van der Waals surface area contributed by atoms with Gasteiger partial charge in [0.05, 0.1) is 16.7 Å². The van der Waals surface area contributed by atoms with Crippen LogP contribution in [0, 0.1) is 0 Å². The first-order valence-corrected chi connectivity index (χ1v) is 9.46. The lowest BCUT2D eigenvalue weighted by molar-refractivity contribution is 0.361. The fourth-order valence-corrected chi connectivity index (χ4v) is 3.82. The quantitative estimate of drug-likeness (QED) is 0.457. The molecule has 3 N–H and O–H groups in total. The van der Waals surface area contributed by atoms with Crippen molar-refractivity contribution in [1.82, 2.24) is 19.7 Å². The molecule has 0 radical (unpaired) electrons. The molecule has 0 amide bonds. The van der Waals surface area contributed by atoms with Crippen molar-refractivity contribution in [3.05, 3.63) is 78.6 Å². The van der Waals surface area contributed by atoms with Crippen molar-refractivity contribution >= 4 is 27.6 Å². The van der Waals surface area contributed by atoms with E-state index in [0.29, 0.717) is 11.6 Å². The molecule has 6 rings (SSSR count). The Labute approximate surface area is 165 Å². The molecule has 2 atom stereocenters. The van der Waals surface area contributed by atoms with E-state index < -0.39 is 12.2 Å². The van der Waals surface area contributed by atoms with E-state index >= 15 is 0 Å². The largest absolute Gasteiger partial charge is 0.340 e. The molecule has 0 fully saturated rings. The highest BCUT2D eigenvalue weighted by Gasteiger charge is 2.31. The number of hydrogen-bond acceptors (Lipinski definition) is 5. The van der Waals surface area contributed by atoms with Crippen molar-refractivity contribution in [2.45, 2.75) is 12.2 Å². The maximum Gasteiger partial charge on any atom is 0.174 e. The molecule has 1 aliphatic heterocycles. The minimum absolute atomic E-state index is 0.417. The fraction of sp³-hybridized carbons (Fsp3) is 0.0909. The molecule has 0 spiro atoms. The number of nitrogens with two attached hydrogens (primary N) is 1. The number of nitrogens with zero attached hydrogens (tertiary/aromatic N) is 5. The van der Waals surface area contributed by atoms with Gasteiger partial charge >= 0.3 is 0 Å². The molecule has 2 aromatic heterocycles. The van der Waals surface area contributed by atoms with Gasteiger partial charge in [-0.05, 0) is 29.0 Å². The minimum Gasteiger partial charge on any atom is -0.340 e. The smallest absolute Gasteiger partial charge is 0.174 e. The van der Waals surface area contributed by atoms with Crippen molar-refractivity contribution in [3.8, 4) is 11.3 Å². The normalized spacial score (nSPS) is 18.4. The van der Waals surface area contributed by atoms with E-state index in [2.05, 4.69) is 50.5 Å². The van der Waals surface area contributed by atoms with Gasteiger partial charge in [-0.2, -0.15) is 10.2 Å². The Morgan fingerprint density at radius 2 is 1.72 bits per heavy atom. The molecule has 0 bridgehead atoms. The number of azo groups is 1. The zero-order valence-electron chi connectivity index (χ0n) is 15.4. The van der Waals surface area contributed by atoms with E-state index in [1.807, 2.05) is 42.5 Å². The van der Waals surface area contributed by atoms with Gasteiger partial charge < -0.3 is 10.7 Å². The Morgan fingerprint density at radius 3 is 2.62 bits per heavy atom. The predicted octanol–water partition coefficient (Wildman–Crippen LogP) is 4.88. The van der Waals surface area contributed by atoms with Crippen LogP contribution in [0.5, 0.6) is 0 Å². The van der Waals surface area contributed by atoms with Crippen LogP contribution in [-0.4, -0.2) is 19.7 Å². The summed E-state index contributed by atoms with van der Waals surface area (Å²) in [6, 6.07) is 23.9. The van der Waals surface area contributed by atoms with Crippen LogP contribution < -0.4 is 5.73 Å². The van der Waals surface area contributed by atoms with Crippen LogP contribution in [0.4, 0.5) is 5.82 Å². The standard InChI is InChI=1S/C22H17N7/c23-21-20(22-24-16-7-3-4-8-17(16)25-22)27-26-19-12-18(28-29(19)21)15-10-9-13-5-1-2-6-14(13)11-15/h1-12,20-21H,23H2,(H,24,25). The number of benzene rings is 3. The molecule has 7 heteroatoms. The third kappa shape index (κ3) is 2.55. The maximum atomic E-state index is 6.51. The first kappa shape index (κ1) is 16.1. The van der Waals surface area contributed by atoms with E-state index in [4.69, 9.17) is 10.8 Å². The summed E-state index contributed by atoms with van der Waals surface area (Å²) < 4.78 is 1.73. The van der Waals surface area contributed by atoms with Crippen LogP contribution in [0.1, 0.15) is 18.0 Å². The van der Waals surface area contributed by atoms with Gasteiger partial charge in [-0.1, -0.05) is 48.5 Å². The average molecular weight is 379 g/mol. The summed E-state index contributed by atoms with van der Waals surface area (Å²) >= 11 is 0. The van der Waals surface area contributed by atoms with Gasteiger partial charge in [0.15, 0.2) is 11.9 Å². The Morgan fingerprint density at radius 1 is 0.897 bits per heavy atom. The van der Waals surface area contributed by atoms with Crippen molar-refractivity contribution in [3.63, 3.8) is 0 Å². The molecule has 140 valence electrons. The van der Waals surface area contributed by atoms with Gasteiger partial charge in [-0.3, -0.25) is 0 Å². The van der Waals surface area contributed by atoms with Crippen molar-refractivity contribution in [2.75, 3.05) is 0 Å². The van der Waals surface area contributed by atoms with Gasteiger partial charge in [0, 0.05) is 11.6 Å². The minimum atomic E-state index is -0.489. The zero-order valence-corrected chi connectivity index (χ0v) is 15.4. The summed E-state index contributed by atoms with van der Waals surface area (Å²) in [7, 11) is 0. The van der Waals surface area contributed by atoms with Gasteiger partial charge in [0.2, 0.25) is 0 Å². The Bertz CT molecular complexity index is 1360. The van der Waals surface area contributed by atoms with Crippen molar-refractivity contribution < 1.29 is 0 Å². The Balaban J connectivity index is 1.38. The monoisotopic (exact) mass is 379 g/mol. The van der Waals surface area contributed by atoms with E-state index in [0.717, 1.165) is 22.3 Å². The van der Waals surface area contributed by atoms with Gasteiger partial charge in [-0.15, -0.1) is 5.11 Å². The van der Waals surface area contributed by atoms with Crippen LogP contribution >= 0.6 is 0 Å². The van der Waals surface area contributed by atoms with Crippen LogP contribution in [0.2, 0.25) is 0 Å². The van der Waals surface area contributed by atoms with E-state index in [9.17, 15) is 0 Å². The van der Waals surface area contributed by atoms with Gasteiger partial charge in [0.1, 0.15) is 12.0 Å². The number of fused-ring (bicyclic) bond motifs is 3. The first-order valence-electron chi connectivity index (χ1n) is 9.46. The second-order valence-electron chi connectivity index (χ2n) is 7.18. The summed E-state index contributed by atoms with van der Waals surface area (Å²) in [4.78, 5) is 7.93. The van der Waals surface area contributed by atoms with Crippen LogP contribution in [0.15, 0.2) is 83.0 Å². The summed E-state index contributed by atoms with van der Waals surface area (Å²) in [6.07, 6.45) is -0.489. The number of imidazole rings is 1. The van der Waals surface area contributed by atoms with Crippen molar-refractivity contribution in [2.24, 2.45) is 16.0 Å². The fourth-order valence-electron chi connectivity index (χ4n) is 3.82. The van der Waals surface area contributed by atoms with Crippen LogP contribution in [-0.2, 0) is 0 Å². The van der Waals surface area contributed by atoms with Crippen molar-refractivity contribution in [1.29, 1.82) is 0 Å². The number of H-pyrrole nitrogens is 1. The Hall–Kier alpha value is -3.84. The highest BCUT2D eigenvalue weighted by molar-refractivity contribution is 5.87. The molecule has 3 aromatic carbocycles. The summed E-state index contributed by atoms with van der Waals surface area (Å²) in [5.41, 5.74) is 10.2. The van der Waals surface area contributed by atoms with E-state index in [-0.39, 0.29) is 0 Å². The number of para-hydroxylation sites is 2. The third-order valence-electron chi connectivity index (χ3n) is 5.34. The number of rotatable bonds is 2. The first-order chi connectivity index (χ1) is 14.3. The number of aromatic amines is 1.